The summed E-state index contributed by atoms with van der Waals surface area (Å²) in [7, 11) is 0. The fourth-order valence-electron chi connectivity index (χ4n) is 2.11. The van der Waals surface area contributed by atoms with Gasteiger partial charge in [-0.05, 0) is 17.7 Å². The van der Waals surface area contributed by atoms with Crippen LogP contribution in [0.3, 0.4) is 0 Å². The lowest BCUT2D eigenvalue weighted by molar-refractivity contribution is -0.384. The van der Waals surface area contributed by atoms with Crippen LogP contribution < -0.4 is 5.73 Å². The molecule has 100 valence electrons. The number of nitro groups is 1. The SMILES string of the molecule is Nc1c([N+](=O)[O-])cnn1Cc1ccnc2ccccc12. The summed E-state index contributed by atoms with van der Waals surface area (Å²) in [6.07, 6.45) is 2.87. The van der Waals surface area contributed by atoms with Gasteiger partial charge in [0.25, 0.3) is 0 Å². The monoisotopic (exact) mass is 269 g/mol. The molecule has 2 N–H and O–H groups in total. The van der Waals surface area contributed by atoms with Gasteiger partial charge in [0.15, 0.2) is 0 Å². The van der Waals surface area contributed by atoms with Crippen molar-refractivity contribution < 1.29 is 4.92 Å². The average Bonchev–Trinajstić information content (AvgIpc) is 2.81. The Bertz CT molecular complexity index is 791. The molecule has 0 spiro atoms. The third-order valence-electron chi connectivity index (χ3n) is 3.12. The zero-order valence-corrected chi connectivity index (χ0v) is 10.4. The van der Waals surface area contributed by atoms with E-state index in [1.165, 1.54) is 10.9 Å². The van der Waals surface area contributed by atoms with E-state index in [0.29, 0.717) is 6.54 Å². The normalized spacial score (nSPS) is 10.8. The van der Waals surface area contributed by atoms with Crippen LogP contribution in [-0.4, -0.2) is 19.7 Å². The highest BCUT2D eigenvalue weighted by atomic mass is 16.6. The number of nitrogens with two attached hydrogens (primary N) is 1. The minimum Gasteiger partial charge on any atom is -0.378 e. The number of anilines is 1. The number of hydrogen-bond donors (Lipinski definition) is 1. The minimum atomic E-state index is -0.538. The van der Waals surface area contributed by atoms with Crippen LogP contribution in [-0.2, 0) is 6.54 Å². The molecule has 0 saturated heterocycles. The highest BCUT2D eigenvalue weighted by molar-refractivity contribution is 5.81. The molecule has 0 aliphatic heterocycles. The van der Waals surface area contributed by atoms with Crippen LogP contribution in [0.25, 0.3) is 10.9 Å². The summed E-state index contributed by atoms with van der Waals surface area (Å²) in [5, 5.41) is 15.7. The topological polar surface area (TPSA) is 99.9 Å². The smallest absolute Gasteiger partial charge is 0.330 e. The Hall–Kier alpha value is -2.96. The van der Waals surface area contributed by atoms with Gasteiger partial charge in [-0.1, -0.05) is 18.2 Å². The third kappa shape index (κ3) is 1.95. The van der Waals surface area contributed by atoms with Crippen molar-refractivity contribution in [1.82, 2.24) is 14.8 Å². The summed E-state index contributed by atoms with van der Waals surface area (Å²) in [5.74, 6) is 0.0518. The van der Waals surface area contributed by atoms with E-state index in [0.717, 1.165) is 16.5 Å². The molecule has 7 heteroatoms. The molecule has 3 rings (SSSR count). The molecule has 0 radical (unpaired) electrons. The number of benzene rings is 1. The van der Waals surface area contributed by atoms with Crippen molar-refractivity contribution in [3.63, 3.8) is 0 Å². The second-order valence-electron chi connectivity index (χ2n) is 4.32. The number of rotatable bonds is 3. The summed E-state index contributed by atoms with van der Waals surface area (Å²) in [5.41, 5.74) is 7.39. The number of para-hydroxylation sites is 1. The molecule has 7 nitrogen and oxygen atoms in total. The van der Waals surface area contributed by atoms with E-state index in [4.69, 9.17) is 5.73 Å². The number of fused-ring (bicyclic) bond motifs is 1. The molecule has 0 atom stereocenters. The molecule has 2 heterocycles. The van der Waals surface area contributed by atoms with Gasteiger partial charge in [-0.15, -0.1) is 0 Å². The standard InChI is InChI=1S/C13H11N5O2/c14-13-12(18(19)20)7-16-17(13)8-9-5-6-15-11-4-2-1-3-10(9)11/h1-7H,8,14H2. The van der Waals surface area contributed by atoms with Crippen LogP contribution in [0.15, 0.2) is 42.7 Å². The van der Waals surface area contributed by atoms with Crippen LogP contribution in [0.1, 0.15) is 5.56 Å². The molecule has 0 fully saturated rings. The van der Waals surface area contributed by atoms with E-state index >= 15 is 0 Å². The van der Waals surface area contributed by atoms with E-state index in [2.05, 4.69) is 10.1 Å². The Morgan fingerprint density at radius 1 is 1.30 bits per heavy atom. The Morgan fingerprint density at radius 2 is 2.10 bits per heavy atom. The first-order valence-corrected chi connectivity index (χ1v) is 5.95. The summed E-state index contributed by atoms with van der Waals surface area (Å²) in [6, 6.07) is 9.55. The van der Waals surface area contributed by atoms with Gasteiger partial charge in [0.2, 0.25) is 5.82 Å². The van der Waals surface area contributed by atoms with Gasteiger partial charge in [-0.25, -0.2) is 4.68 Å². The Morgan fingerprint density at radius 3 is 2.85 bits per heavy atom. The Labute approximate surface area is 113 Å². The van der Waals surface area contributed by atoms with Crippen LogP contribution in [0.4, 0.5) is 11.5 Å². The lowest BCUT2D eigenvalue weighted by Crippen LogP contribution is -2.07. The van der Waals surface area contributed by atoms with Crippen molar-refractivity contribution in [2.75, 3.05) is 5.73 Å². The zero-order chi connectivity index (χ0) is 14.1. The van der Waals surface area contributed by atoms with Gasteiger partial charge in [-0.3, -0.25) is 15.1 Å². The molecule has 0 aliphatic carbocycles. The van der Waals surface area contributed by atoms with Crippen LogP contribution in [0, 0.1) is 10.1 Å². The van der Waals surface area contributed by atoms with Crippen LogP contribution >= 0.6 is 0 Å². The summed E-state index contributed by atoms with van der Waals surface area (Å²) in [4.78, 5) is 14.5. The second-order valence-corrected chi connectivity index (χ2v) is 4.32. The van der Waals surface area contributed by atoms with Crippen molar-refractivity contribution in [3.05, 3.63) is 58.4 Å². The molecule has 0 bridgehead atoms. The van der Waals surface area contributed by atoms with Crippen molar-refractivity contribution in [2.45, 2.75) is 6.54 Å². The van der Waals surface area contributed by atoms with E-state index in [-0.39, 0.29) is 11.5 Å². The third-order valence-corrected chi connectivity index (χ3v) is 3.12. The highest BCUT2D eigenvalue weighted by Crippen LogP contribution is 2.23. The number of nitrogens with zero attached hydrogens (tertiary/aromatic N) is 4. The van der Waals surface area contributed by atoms with E-state index in [9.17, 15) is 10.1 Å². The van der Waals surface area contributed by atoms with Crippen molar-refractivity contribution >= 4 is 22.4 Å². The van der Waals surface area contributed by atoms with Gasteiger partial charge in [0.05, 0.1) is 17.0 Å². The first-order valence-electron chi connectivity index (χ1n) is 5.95. The summed E-state index contributed by atoms with van der Waals surface area (Å²) < 4.78 is 1.42. The second kappa shape index (κ2) is 4.61. The molecular weight excluding hydrogens is 258 g/mol. The summed E-state index contributed by atoms with van der Waals surface area (Å²) >= 11 is 0. The maximum atomic E-state index is 10.8. The van der Waals surface area contributed by atoms with Crippen molar-refractivity contribution in [1.29, 1.82) is 0 Å². The largest absolute Gasteiger partial charge is 0.378 e. The maximum Gasteiger partial charge on any atom is 0.330 e. The Balaban J connectivity index is 2.04. The number of nitrogen functional groups attached to an aromatic ring is 1. The molecule has 20 heavy (non-hydrogen) atoms. The number of aromatic nitrogens is 3. The van der Waals surface area contributed by atoms with Gasteiger partial charge in [0.1, 0.15) is 6.20 Å². The average molecular weight is 269 g/mol. The first-order chi connectivity index (χ1) is 9.66. The quantitative estimate of drug-likeness (QED) is 0.578. The highest BCUT2D eigenvalue weighted by Gasteiger charge is 2.17. The van der Waals surface area contributed by atoms with Crippen LogP contribution in [0.2, 0.25) is 0 Å². The first kappa shape index (κ1) is 12.1. The van der Waals surface area contributed by atoms with Gasteiger partial charge in [-0.2, -0.15) is 5.10 Å². The van der Waals surface area contributed by atoms with Crippen LogP contribution in [0.5, 0.6) is 0 Å². The van der Waals surface area contributed by atoms with Crippen molar-refractivity contribution in [2.24, 2.45) is 0 Å². The fraction of sp³-hybridized carbons (Fsp3) is 0.0769. The Kier molecular flexibility index (Phi) is 2.79. The van der Waals surface area contributed by atoms with Gasteiger partial charge < -0.3 is 5.73 Å². The minimum absolute atomic E-state index is 0.0518. The number of hydrogen-bond acceptors (Lipinski definition) is 5. The molecule has 1 aromatic carbocycles. The number of pyridine rings is 1. The molecule has 2 aromatic heterocycles. The van der Waals surface area contributed by atoms with E-state index < -0.39 is 4.92 Å². The van der Waals surface area contributed by atoms with Gasteiger partial charge >= 0.3 is 5.69 Å². The lowest BCUT2D eigenvalue weighted by Gasteiger charge is -2.07. The lowest BCUT2D eigenvalue weighted by atomic mass is 10.1. The molecule has 0 unspecified atom stereocenters. The van der Waals surface area contributed by atoms with E-state index in [1.54, 1.807) is 6.20 Å². The molecule has 3 aromatic rings. The molecular formula is C13H11N5O2. The molecule has 0 amide bonds. The van der Waals surface area contributed by atoms with Gasteiger partial charge in [0, 0.05) is 11.6 Å². The fourth-order valence-corrected chi connectivity index (χ4v) is 2.11. The predicted molar refractivity (Wildman–Crippen MR) is 74.1 cm³/mol. The predicted octanol–water partition coefficient (Wildman–Crippen LogP) is 1.97. The molecule has 0 saturated carbocycles. The zero-order valence-electron chi connectivity index (χ0n) is 10.4. The van der Waals surface area contributed by atoms with E-state index in [1.807, 2.05) is 30.3 Å². The summed E-state index contributed by atoms with van der Waals surface area (Å²) in [6.45, 7) is 0.364. The molecule has 0 aliphatic rings. The maximum absolute atomic E-state index is 10.8. The van der Waals surface area contributed by atoms with Crippen molar-refractivity contribution in [3.8, 4) is 0 Å².